The maximum absolute atomic E-state index is 12.4. The van der Waals surface area contributed by atoms with Crippen molar-refractivity contribution in [2.45, 2.75) is 47.0 Å². The summed E-state index contributed by atoms with van der Waals surface area (Å²) in [6.45, 7) is 9.45. The quantitative estimate of drug-likeness (QED) is 0.793. The van der Waals surface area contributed by atoms with E-state index in [9.17, 15) is 9.59 Å². The van der Waals surface area contributed by atoms with Crippen molar-refractivity contribution in [2.75, 3.05) is 5.32 Å². The topological polar surface area (TPSA) is 62.0 Å². The minimum absolute atomic E-state index is 0.0341. The summed E-state index contributed by atoms with van der Waals surface area (Å²) in [5, 5.41) is 2.88. The number of aryl methyl sites for hydroxylation is 1. The summed E-state index contributed by atoms with van der Waals surface area (Å²) in [5.74, 6) is 0.244. The standard InChI is InChI=1S/C19H24N2O2/c1-6-11(2)15-7-9-16(10-8-15)21-19(23)18-12(3)17(14(5)22)13(4)20-18/h7-11,20H,6H2,1-5H3,(H,21,23)/t11-/m0/s1. The molecule has 0 radical (unpaired) electrons. The molecule has 0 aliphatic carbocycles. The van der Waals surface area contributed by atoms with E-state index in [0.29, 0.717) is 22.7 Å². The van der Waals surface area contributed by atoms with Crippen molar-refractivity contribution < 1.29 is 9.59 Å². The molecule has 4 heteroatoms. The molecule has 0 saturated heterocycles. The number of amides is 1. The molecule has 0 unspecified atom stereocenters. The monoisotopic (exact) mass is 312 g/mol. The highest BCUT2D eigenvalue weighted by Crippen LogP contribution is 2.22. The highest BCUT2D eigenvalue weighted by Gasteiger charge is 2.19. The maximum Gasteiger partial charge on any atom is 0.272 e. The van der Waals surface area contributed by atoms with Gasteiger partial charge in [-0.1, -0.05) is 26.0 Å². The Hall–Kier alpha value is -2.36. The van der Waals surface area contributed by atoms with Gasteiger partial charge >= 0.3 is 0 Å². The molecule has 1 aromatic heterocycles. The zero-order valence-electron chi connectivity index (χ0n) is 14.4. The van der Waals surface area contributed by atoms with Crippen molar-refractivity contribution in [3.8, 4) is 0 Å². The zero-order chi connectivity index (χ0) is 17.1. The number of H-pyrrole nitrogens is 1. The number of aromatic nitrogens is 1. The molecule has 0 bridgehead atoms. The van der Waals surface area contributed by atoms with Crippen molar-refractivity contribution in [1.82, 2.24) is 4.98 Å². The van der Waals surface area contributed by atoms with Gasteiger partial charge in [-0.25, -0.2) is 0 Å². The lowest BCUT2D eigenvalue weighted by Gasteiger charge is -2.10. The molecule has 1 amide bonds. The van der Waals surface area contributed by atoms with Gasteiger partial charge in [0.05, 0.1) is 0 Å². The predicted octanol–water partition coefficient (Wildman–Crippen LogP) is 4.60. The van der Waals surface area contributed by atoms with E-state index in [2.05, 4.69) is 24.1 Å². The summed E-state index contributed by atoms with van der Waals surface area (Å²) in [6.07, 6.45) is 1.08. The lowest BCUT2D eigenvalue weighted by atomic mass is 9.98. The van der Waals surface area contributed by atoms with Crippen LogP contribution in [0.5, 0.6) is 0 Å². The van der Waals surface area contributed by atoms with Crippen LogP contribution >= 0.6 is 0 Å². The Labute approximate surface area is 137 Å². The van der Waals surface area contributed by atoms with E-state index in [0.717, 1.165) is 17.8 Å². The molecule has 0 fully saturated rings. The van der Waals surface area contributed by atoms with E-state index in [1.807, 2.05) is 24.3 Å². The fraction of sp³-hybridized carbons (Fsp3) is 0.368. The molecule has 0 spiro atoms. The highest BCUT2D eigenvalue weighted by atomic mass is 16.2. The number of nitrogens with one attached hydrogen (secondary N) is 2. The average molecular weight is 312 g/mol. The first-order valence-electron chi connectivity index (χ1n) is 7.96. The normalized spacial score (nSPS) is 12.0. The first-order valence-corrected chi connectivity index (χ1v) is 7.96. The molecule has 2 aromatic rings. The number of hydrogen-bond donors (Lipinski definition) is 2. The van der Waals surface area contributed by atoms with Crippen molar-refractivity contribution in [2.24, 2.45) is 0 Å². The Morgan fingerprint density at radius 1 is 1.17 bits per heavy atom. The van der Waals surface area contributed by atoms with Gasteiger partial charge in [-0.05, 0) is 56.4 Å². The number of carbonyl (C=O) groups excluding carboxylic acids is 2. The van der Waals surface area contributed by atoms with Crippen LogP contribution < -0.4 is 5.32 Å². The third kappa shape index (κ3) is 3.52. The number of rotatable bonds is 5. The average Bonchev–Trinajstić information content (AvgIpc) is 2.82. The van der Waals surface area contributed by atoms with Crippen LogP contribution in [-0.2, 0) is 0 Å². The van der Waals surface area contributed by atoms with Crippen LogP contribution in [0.25, 0.3) is 0 Å². The number of ketones is 1. The molecule has 23 heavy (non-hydrogen) atoms. The number of carbonyl (C=O) groups is 2. The van der Waals surface area contributed by atoms with Gasteiger partial charge in [0.1, 0.15) is 5.69 Å². The minimum Gasteiger partial charge on any atom is -0.354 e. The lowest BCUT2D eigenvalue weighted by Crippen LogP contribution is -2.14. The molecule has 0 aliphatic heterocycles. The fourth-order valence-corrected chi connectivity index (χ4v) is 2.83. The van der Waals surface area contributed by atoms with Crippen molar-refractivity contribution in [3.63, 3.8) is 0 Å². The van der Waals surface area contributed by atoms with Gasteiger partial charge in [-0.2, -0.15) is 0 Å². The van der Waals surface area contributed by atoms with Gasteiger partial charge in [0, 0.05) is 16.9 Å². The molecule has 1 atom stereocenters. The Bertz CT molecular complexity index is 727. The third-order valence-corrected chi connectivity index (χ3v) is 4.37. The SMILES string of the molecule is CC[C@H](C)c1ccc(NC(=O)c2[nH]c(C)c(C(C)=O)c2C)cc1. The van der Waals surface area contributed by atoms with Gasteiger partial charge in [0.15, 0.2) is 5.78 Å². The predicted molar refractivity (Wildman–Crippen MR) is 93.4 cm³/mol. The number of benzene rings is 1. The molecule has 1 heterocycles. The van der Waals surface area contributed by atoms with Crippen LogP contribution in [0.4, 0.5) is 5.69 Å². The third-order valence-electron chi connectivity index (χ3n) is 4.37. The molecule has 0 aliphatic rings. The maximum atomic E-state index is 12.4. The number of hydrogen-bond acceptors (Lipinski definition) is 2. The molecule has 4 nitrogen and oxygen atoms in total. The van der Waals surface area contributed by atoms with E-state index in [-0.39, 0.29) is 11.7 Å². The van der Waals surface area contributed by atoms with Crippen molar-refractivity contribution >= 4 is 17.4 Å². The molecular weight excluding hydrogens is 288 g/mol. The van der Waals surface area contributed by atoms with E-state index in [1.165, 1.54) is 12.5 Å². The molecule has 1 aromatic carbocycles. The summed E-state index contributed by atoms with van der Waals surface area (Å²) >= 11 is 0. The minimum atomic E-state index is -0.227. The van der Waals surface area contributed by atoms with Crippen LogP contribution in [0.2, 0.25) is 0 Å². The summed E-state index contributed by atoms with van der Waals surface area (Å²) in [4.78, 5) is 27.1. The number of anilines is 1. The van der Waals surface area contributed by atoms with Gasteiger partial charge in [-0.3, -0.25) is 9.59 Å². The molecule has 122 valence electrons. The van der Waals surface area contributed by atoms with E-state index in [1.54, 1.807) is 13.8 Å². The molecule has 2 N–H and O–H groups in total. The van der Waals surface area contributed by atoms with Gasteiger partial charge in [0.2, 0.25) is 0 Å². The molecule has 2 rings (SSSR count). The lowest BCUT2D eigenvalue weighted by molar-refractivity contribution is 0.101. The van der Waals surface area contributed by atoms with E-state index >= 15 is 0 Å². The van der Waals surface area contributed by atoms with Crippen molar-refractivity contribution in [3.05, 3.63) is 52.3 Å². The fourth-order valence-electron chi connectivity index (χ4n) is 2.83. The molecular formula is C19H24N2O2. The smallest absolute Gasteiger partial charge is 0.272 e. The van der Waals surface area contributed by atoms with Crippen LogP contribution in [0, 0.1) is 13.8 Å². The Balaban J connectivity index is 2.20. The highest BCUT2D eigenvalue weighted by molar-refractivity contribution is 6.07. The second-order valence-corrected chi connectivity index (χ2v) is 6.07. The Morgan fingerprint density at radius 2 is 1.78 bits per heavy atom. The number of Topliss-reactive ketones (excluding diaryl/α,β-unsaturated/α-hetero) is 1. The zero-order valence-corrected chi connectivity index (χ0v) is 14.4. The number of aromatic amines is 1. The second kappa shape index (κ2) is 6.82. The van der Waals surface area contributed by atoms with E-state index < -0.39 is 0 Å². The summed E-state index contributed by atoms with van der Waals surface area (Å²) in [5.41, 5.74) is 4.48. The Morgan fingerprint density at radius 3 is 2.26 bits per heavy atom. The summed E-state index contributed by atoms with van der Waals surface area (Å²) in [6, 6.07) is 7.90. The van der Waals surface area contributed by atoms with Crippen LogP contribution in [-0.4, -0.2) is 16.7 Å². The summed E-state index contributed by atoms with van der Waals surface area (Å²) in [7, 11) is 0. The van der Waals surface area contributed by atoms with Gasteiger partial charge < -0.3 is 10.3 Å². The first-order chi connectivity index (χ1) is 10.8. The van der Waals surface area contributed by atoms with Crippen LogP contribution in [0.1, 0.15) is 70.8 Å². The van der Waals surface area contributed by atoms with Crippen LogP contribution in [0.15, 0.2) is 24.3 Å². The second-order valence-electron chi connectivity index (χ2n) is 6.07. The first kappa shape index (κ1) is 17.0. The van der Waals surface area contributed by atoms with Gasteiger partial charge in [0.25, 0.3) is 5.91 Å². The van der Waals surface area contributed by atoms with Gasteiger partial charge in [-0.15, -0.1) is 0 Å². The summed E-state index contributed by atoms with van der Waals surface area (Å²) < 4.78 is 0. The van der Waals surface area contributed by atoms with Crippen LogP contribution in [0.3, 0.4) is 0 Å². The van der Waals surface area contributed by atoms with Crippen molar-refractivity contribution in [1.29, 1.82) is 0 Å². The van der Waals surface area contributed by atoms with E-state index in [4.69, 9.17) is 0 Å². The molecule has 0 saturated carbocycles. The largest absolute Gasteiger partial charge is 0.354 e. The Kier molecular flexibility index (Phi) is 5.04.